The molecule has 0 bridgehead atoms. The lowest BCUT2D eigenvalue weighted by Gasteiger charge is -2.23. The van der Waals surface area contributed by atoms with Gasteiger partial charge in [-0.3, -0.25) is 0 Å². The first kappa shape index (κ1) is 10.9. The highest BCUT2D eigenvalue weighted by Crippen LogP contribution is 2.30. The van der Waals surface area contributed by atoms with Crippen LogP contribution in [0.2, 0.25) is 0 Å². The van der Waals surface area contributed by atoms with Gasteiger partial charge in [-0.2, -0.15) is 4.73 Å². The van der Waals surface area contributed by atoms with Crippen LogP contribution in [0.3, 0.4) is 0 Å². The van der Waals surface area contributed by atoms with E-state index in [-0.39, 0.29) is 5.41 Å². The lowest BCUT2D eigenvalue weighted by atomic mass is 9.82. The van der Waals surface area contributed by atoms with E-state index in [4.69, 9.17) is 0 Å². The molecule has 2 nitrogen and oxygen atoms in total. The van der Waals surface area contributed by atoms with E-state index in [1.165, 1.54) is 5.56 Å². The summed E-state index contributed by atoms with van der Waals surface area (Å²) in [4.78, 5) is 0. The molecule has 84 valence electrons. The zero-order valence-corrected chi connectivity index (χ0v) is 10.2. The minimum atomic E-state index is 0.0535. The van der Waals surface area contributed by atoms with Gasteiger partial charge in [0.25, 0.3) is 0 Å². The third kappa shape index (κ3) is 1.64. The molecule has 0 saturated carbocycles. The van der Waals surface area contributed by atoms with E-state index in [1.807, 2.05) is 31.2 Å². The largest absolute Gasteiger partial charge is 0.618 e. The standard InChI is InChI=1S/C14H17NO/c1-10-9-15(16)12-8-6-5-7-11(12)13(10)14(2,3)4/h5-9H,1-4H3. The molecular weight excluding hydrogens is 198 g/mol. The lowest BCUT2D eigenvalue weighted by Crippen LogP contribution is -2.29. The fraction of sp³-hybridized carbons (Fsp3) is 0.357. The Hall–Kier alpha value is -1.57. The quantitative estimate of drug-likeness (QED) is 0.490. The van der Waals surface area contributed by atoms with E-state index in [1.54, 1.807) is 6.20 Å². The SMILES string of the molecule is Cc1c[n+]([O-])c2ccccc2c1C(C)(C)C. The number of nitrogens with zero attached hydrogens (tertiary/aromatic N) is 1. The minimum Gasteiger partial charge on any atom is -0.618 e. The van der Waals surface area contributed by atoms with Crippen LogP contribution >= 0.6 is 0 Å². The summed E-state index contributed by atoms with van der Waals surface area (Å²) >= 11 is 0. The normalized spacial score (nSPS) is 12.0. The third-order valence-electron chi connectivity index (χ3n) is 2.87. The molecule has 0 aliphatic carbocycles. The summed E-state index contributed by atoms with van der Waals surface area (Å²) in [6, 6.07) is 7.78. The predicted molar refractivity (Wildman–Crippen MR) is 66.3 cm³/mol. The molecule has 1 aromatic heterocycles. The van der Waals surface area contributed by atoms with Crippen molar-refractivity contribution in [3.63, 3.8) is 0 Å². The monoisotopic (exact) mass is 215 g/mol. The van der Waals surface area contributed by atoms with Crippen LogP contribution < -0.4 is 4.73 Å². The molecule has 0 fully saturated rings. The number of para-hydroxylation sites is 1. The Morgan fingerprint density at radius 1 is 1.12 bits per heavy atom. The fourth-order valence-electron chi connectivity index (χ4n) is 2.40. The van der Waals surface area contributed by atoms with Crippen LogP contribution in [0.25, 0.3) is 10.9 Å². The van der Waals surface area contributed by atoms with E-state index >= 15 is 0 Å². The molecule has 2 rings (SSSR count). The zero-order valence-electron chi connectivity index (χ0n) is 10.2. The Kier molecular flexibility index (Phi) is 2.38. The van der Waals surface area contributed by atoms with Crippen molar-refractivity contribution in [3.8, 4) is 0 Å². The number of hydrogen-bond donors (Lipinski definition) is 0. The molecule has 0 N–H and O–H groups in total. The van der Waals surface area contributed by atoms with E-state index in [0.29, 0.717) is 0 Å². The van der Waals surface area contributed by atoms with Crippen LogP contribution in [0.4, 0.5) is 0 Å². The number of aromatic nitrogens is 1. The van der Waals surface area contributed by atoms with Gasteiger partial charge in [-0.25, -0.2) is 0 Å². The van der Waals surface area contributed by atoms with Gasteiger partial charge in [-0.15, -0.1) is 0 Å². The van der Waals surface area contributed by atoms with Crippen molar-refractivity contribution in [1.29, 1.82) is 0 Å². The number of rotatable bonds is 0. The number of aryl methyl sites for hydroxylation is 1. The second-order valence-corrected chi connectivity index (χ2v) is 5.28. The summed E-state index contributed by atoms with van der Waals surface area (Å²) < 4.78 is 0.958. The van der Waals surface area contributed by atoms with Gasteiger partial charge in [0, 0.05) is 11.6 Å². The molecule has 1 aromatic carbocycles. The number of benzene rings is 1. The van der Waals surface area contributed by atoms with Gasteiger partial charge in [-0.05, 0) is 24.0 Å². The van der Waals surface area contributed by atoms with Gasteiger partial charge in [-0.1, -0.05) is 32.9 Å². The van der Waals surface area contributed by atoms with Crippen LogP contribution in [0.1, 0.15) is 31.9 Å². The first-order valence-electron chi connectivity index (χ1n) is 5.53. The van der Waals surface area contributed by atoms with E-state index in [9.17, 15) is 5.21 Å². The Balaban J connectivity index is 2.93. The van der Waals surface area contributed by atoms with E-state index in [0.717, 1.165) is 21.2 Å². The van der Waals surface area contributed by atoms with Crippen LogP contribution in [-0.2, 0) is 5.41 Å². The highest BCUT2D eigenvalue weighted by atomic mass is 16.5. The molecule has 0 saturated heterocycles. The Morgan fingerprint density at radius 3 is 2.38 bits per heavy atom. The second-order valence-electron chi connectivity index (χ2n) is 5.28. The number of pyridine rings is 1. The maximum absolute atomic E-state index is 11.8. The molecule has 0 radical (unpaired) electrons. The molecule has 0 atom stereocenters. The first-order valence-corrected chi connectivity index (χ1v) is 5.53. The van der Waals surface area contributed by atoms with Crippen molar-refractivity contribution in [3.05, 3.63) is 46.8 Å². The molecule has 16 heavy (non-hydrogen) atoms. The average molecular weight is 215 g/mol. The van der Waals surface area contributed by atoms with Crippen LogP contribution in [0.5, 0.6) is 0 Å². The highest BCUT2D eigenvalue weighted by Gasteiger charge is 2.22. The molecule has 0 amide bonds. The summed E-state index contributed by atoms with van der Waals surface area (Å²) in [5.74, 6) is 0. The predicted octanol–water partition coefficient (Wildman–Crippen LogP) is 3.08. The molecule has 0 spiro atoms. The maximum atomic E-state index is 11.8. The average Bonchev–Trinajstić information content (AvgIpc) is 2.15. The summed E-state index contributed by atoms with van der Waals surface area (Å²) in [7, 11) is 0. The van der Waals surface area contributed by atoms with Gasteiger partial charge in [0.1, 0.15) is 0 Å². The topological polar surface area (TPSA) is 26.9 Å². The summed E-state index contributed by atoms with van der Waals surface area (Å²) in [5, 5.41) is 12.9. The summed E-state index contributed by atoms with van der Waals surface area (Å²) in [6.45, 7) is 8.53. The van der Waals surface area contributed by atoms with Crippen molar-refractivity contribution in [2.75, 3.05) is 0 Å². The third-order valence-corrected chi connectivity index (χ3v) is 2.87. The van der Waals surface area contributed by atoms with Crippen molar-refractivity contribution in [2.24, 2.45) is 0 Å². The Morgan fingerprint density at radius 2 is 1.75 bits per heavy atom. The highest BCUT2D eigenvalue weighted by molar-refractivity contribution is 5.81. The maximum Gasteiger partial charge on any atom is 0.224 e. The first-order chi connectivity index (χ1) is 7.41. The zero-order chi connectivity index (χ0) is 11.9. The number of fused-ring (bicyclic) bond motifs is 1. The van der Waals surface area contributed by atoms with Gasteiger partial charge in [0.2, 0.25) is 5.52 Å². The smallest absolute Gasteiger partial charge is 0.224 e. The van der Waals surface area contributed by atoms with Crippen molar-refractivity contribution < 1.29 is 4.73 Å². The van der Waals surface area contributed by atoms with Crippen LogP contribution in [0.15, 0.2) is 30.5 Å². The van der Waals surface area contributed by atoms with Crippen LogP contribution in [0, 0.1) is 12.1 Å². The molecule has 0 unspecified atom stereocenters. The number of hydrogen-bond acceptors (Lipinski definition) is 1. The van der Waals surface area contributed by atoms with Crippen molar-refractivity contribution >= 4 is 10.9 Å². The van der Waals surface area contributed by atoms with Gasteiger partial charge < -0.3 is 5.21 Å². The minimum absolute atomic E-state index is 0.0535. The van der Waals surface area contributed by atoms with Crippen LogP contribution in [-0.4, -0.2) is 0 Å². The van der Waals surface area contributed by atoms with E-state index < -0.39 is 0 Å². The molecular formula is C14H17NO. The van der Waals surface area contributed by atoms with Crippen molar-refractivity contribution in [1.82, 2.24) is 0 Å². The molecule has 1 heterocycles. The van der Waals surface area contributed by atoms with E-state index in [2.05, 4.69) is 20.8 Å². The van der Waals surface area contributed by atoms with Crippen molar-refractivity contribution in [2.45, 2.75) is 33.1 Å². The van der Waals surface area contributed by atoms with Gasteiger partial charge >= 0.3 is 0 Å². The Bertz CT molecular complexity index is 538. The molecule has 2 heteroatoms. The molecule has 0 aliphatic rings. The van der Waals surface area contributed by atoms with Gasteiger partial charge in [0.15, 0.2) is 6.20 Å². The van der Waals surface area contributed by atoms with Gasteiger partial charge in [0.05, 0.1) is 5.39 Å². The second kappa shape index (κ2) is 3.48. The lowest BCUT2D eigenvalue weighted by molar-refractivity contribution is -0.577. The summed E-state index contributed by atoms with van der Waals surface area (Å²) in [6.07, 6.45) is 1.67. The molecule has 2 aromatic rings. The summed E-state index contributed by atoms with van der Waals surface area (Å²) in [5.41, 5.74) is 3.12. The Labute approximate surface area is 96.1 Å². The molecule has 0 aliphatic heterocycles. The fourth-order valence-corrected chi connectivity index (χ4v) is 2.40.